The molecule has 2 heteroatoms. The van der Waals surface area contributed by atoms with Gasteiger partial charge in [0.25, 0.3) is 0 Å². The fraction of sp³-hybridized carbons (Fsp3) is 1.00. The van der Waals surface area contributed by atoms with E-state index in [1.165, 1.54) is 51.5 Å². The number of aliphatic hydroxyl groups is 1. The Hall–Kier alpha value is -0.0800. The normalized spacial score (nSPS) is 30.5. The van der Waals surface area contributed by atoms with Crippen molar-refractivity contribution in [3.63, 3.8) is 0 Å². The summed E-state index contributed by atoms with van der Waals surface area (Å²) in [4.78, 5) is 2.82. The van der Waals surface area contributed by atoms with Crippen molar-refractivity contribution < 1.29 is 5.11 Å². The monoisotopic (exact) mass is 253 g/mol. The van der Waals surface area contributed by atoms with Crippen LogP contribution in [-0.2, 0) is 0 Å². The van der Waals surface area contributed by atoms with E-state index < -0.39 is 0 Å². The van der Waals surface area contributed by atoms with Crippen LogP contribution < -0.4 is 0 Å². The Morgan fingerprint density at radius 1 is 0.944 bits per heavy atom. The molecule has 2 saturated carbocycles. The lowest BCUT2D eigenvalue weighted by atomic mass is 9.90. The van der Waals surface area contributed by atoms with E-state index in [9.17, 15) is 5.11 Å². The Balaban J connectivity index is 1.90. The van der Waals surface area contributed by atoms with Crippen LogP contribution in [0.25, 0.3) is 0 Å². The Morgan fingerprint density at radius 2 is 1.50 bits per heavy atom. The van der Waals surface area contributed by atoms with Crippen LogP contribution in [0.5, 0.6) is 0 Å². The van der Waals surface area contributed by atoms with Crippen LogP contribution in [0.1, 0.15) is 71.6 Å². The Labute approximate surface area is 113 Å². The molecule has 2 aliphatic rings. The fourth-order valence-electron chi connectivity index (χ4n) is 3.70. The molecule has 0 unspecified atom stereocenters. The van der Waals surface area contributed by atoms with Gasteiger partial charge >= 0.3 is 0 Å². The van der Waals surface area contributed by atoms with Crippen molar-refractivity contribution in [2.45, 2.75) is 89.8 Å². The zero-order chi connectivity index (χ0) is 13.0. The zero-order valence-electron chi connectivity index (χ0n) is 12.3. The zero-order valence-corrected chi connectivity index (χ0v) is 12.3. The van der Waals surface area contributed by atoms with Crippen LogP contribution in [0.15, 0.2) is 0 Å². The van der Waals surface area contributed by atoms with Crippen LogP contribution in [0.3, 0.4) is 0 Å². The SMILES string of the molecule is CC(C)CCN(C1CCCC1)C1CCC(O)CC1. The summed E-state index contributed by atoms with van der Waals surface area (Å²) < 4.78 is 0. The van der Waals surface area contributed by atoms with E-state index >= 15 is 0 Å². The summed E-state index contributed by atoms with van der Waals surface area (Å²) in [5.41, 5.74) is 0. The van der Waals surface area contributed by atoms with Crippen molar-refractivity contribution in [1.82, 2.24) is 4.90 Å². The number of aliphatic hydroxyl groups excluding tert-OH is 1. The van der Waals surface area contributed by atoms with Gasteiger partial charge in [-0.15, -0.1) is 0 Å². The van der Waals surface area contributed by atoms with Gasteiger partial charge in [0.1, 0.15) is 0 Å². The van der Waals surface area contributed by atoms with E-state index in [4.69, 9.17) is 0 Å². The molecular formula is C16H31NO. The average molecular weight is 253 g/mol. The summed E-state index contributed by atoms with van der Waals surface area (Å²) in [5.74, 6) is 0.808. The van der Waals surface area contributed by atoms with Gasteiger partial charge in [0.05, 0.1) is 6.10 Å². The molecule has 0 aromatic heterocycles. The molecule has 0 aromatic rings. The lowest BCUT2D eigenvalue weighted by Gasteiger charge is -2.40. The second-order valence-corrected chi connectivity index (χ2v) is 6.82. The second-order valence-electron chi connectivity index (χ2n) is 6.82. The van der Waals surface area contributed by atoms with E-state index in [-0.39, 0.29) is 6.10 Å². The molecule has 18 heavy (non-hydrogen) atoms. The molecule has 2 rings (SSSR count). The first-order valence-corrected chi connectivity index (χ1v) is 8.10. The standard InChI is InChI=1S/C16H31NO/c1-13(2)11-12-17(14-5-3-4-6-14)15-7-9-16(18)10-8-15/h13-16,18H,3-12H2,1-2H3. The summed E-state index contributed by atoms with van der Waals surface area (Å²) in [6, 6.07) is 1.61. The Kier molecular flexibility index (Phi) is 5.50. The predicted molar refractivity (Wildman–Crippen MR) is 76.7 cm³/mol. The maximum Gasteiger partial charge on any atom is 0.0541 e. The average Bonchev–Trinajstić information content (AvgIpc) is 2.85. The quantitative estimate of drug-likeness (QED) is 0.809. The summed E-state index contributed by atoms with van der Waals surface area (Å²) in [7, 11) is 0. The van der Waals surface area contributed by atoms with Crippen LogP contribution in [0.4, 0.5) is 0 Å². The minimum Gasteiger partial charge on any atom is -0.393 e. The van der Waals surface area contributed by atoms with Crippen molar-refractivity contribution in [2.24, 2.45) is 5.92 Å². The lowest BCUT2D eigenvalue weighted by molar-refractivity contribution is 0.0502. The molecule has 0 radical (unpaired) electrons. The maximum atomic E-state index is 9.67. The molecule has 2 aliphatic carbocycles. The smallest absolute Gasteiger partial charge is 0.0541 e. The predicted octanol–water partition coefficient (Wildman–Crippen LogP) is 3.58. The van der Waals surface area contributed by atoms with Gasteiger partial charge < -0.3 is 5.11 Å². The lowest BCUT2D eigenvalue weighted by Crippen LogP contribution is -2.45. The van der Waals surface area contributed by atoms with Gasteiger partial charge in [-0.05, 0) is 57.4 Å². The van der Waals surface area contributed by atoms with Gasteiger partial charge in [-0.3, -0.25) is 4.90 Å². The summed E-state index contributed by atoms with van der Waals surface area (Å²) in [6.07, 6.45) is 11.5. The number of nitrogens with zero attached hydrogens (tertiary/aromatic N) is 1. The van der Waals surface area contributed by atoms with E-state index in [0.29, 0.717) is 0 Å². The fourth-order valence-corrected chi connectivity index (χ4v) is 3.70. The highest BCUT2D eigenvalue weighted by Crippen LogP contribution is 2.31. The van der Waals surface area contributed by atoms with Crippen molar-refractivity contribution >= 4 is 0 Å². The molecule has 0 bridgehead atoms. The second kappa shape index (κ2) is 6.91. The summed E-state index contributed by atoms with van der Waals surface area (Å²) >= 11 is 0. The van der Waals surface area contributed by atoms with Gasteiger partial charge in [0, 0.05) is 12.1 Å². The molecule has 0 aromatic carbocycles. The van der Waals surface area contributed by atoms with Crippen molar-refractivity contribution in [3.05, 3.63) is 0 Å². The molecular weight excluding hydrogens is 222 g/mol. The first kappa shape index (κ1) is 14.3. The molecule has 0 spiro atoms. The van der Waals surface area contributed by atoms with Gasteiger partial charge in [-0.25, -0.2) is 0 Å². The Morgan fingerprint density at radius 3 is 2.06 bits per heavy atom. The highest BCUT2D eigenvalue weighted by Gasteiger charge is 2.31. The van der Waals surface area contributed by atoms with Crippen LogP contribution >= 0.6 is 0 Å². The first-order valence-electron chi connectivity index (χ1n) is 8.10. The molecule has 0 aliphatic heterocycles. The van der Waals surface area contributed by atoms with E-state index in [0.717, 1.165) is 30.8 Å². The maximum absolute atomic E-state index is 9.67. The van der Waals surface area contributed by atoms with Crippen LogP contribution in [0, 0.1) is 5.92 Å². The van der Waals surface area contributed by atoms with Gasteiger partial charge in [-0.2, -0.15) is 0 Å². The minimum absolute atomic E-state index is 0.0169. The number of hydrogen-bond donors (Lipinski definition) is 1. The topological polar surface area (TPSA) is 23.5 Å². The molecule has 0 saturated heterocycles. The highest BCUT2D eigenvalue weighted by atomic mass is 16.3. The van der Waals surface area contributed by atoms with Crippen LogP contribution in [0.2, 0.25) is 0 Å². The van der Waals surface area contributed by atoms with Crippen LogP contribution in [-0.4, -0.2) is 34.7 Å². The molecule has 1 N–H and O–H groups in total. The van der Waals surface area contributed by atoms with Crippen molar-refractivity contribution in [3.8, 4) is 0 Å². The minimum atomic E-state index is -0.0169. The molecule has 0 amide bonds. The van der Waals surface area contributed by atoms with Gasteiger partial charge in [0.2, 0.25) is 0 Å². The molecule has 0 heterocycles. The van der Waals surface area contributed by atoms with E-state index in [1.807, 2.05) is 0 Å². The first-order chi connectivity index (χ1) is 8.66. The third kappa shape index (κ3) is 3.96. The Bertz CT molecular complexity index is 227. The van der Waals surface area contributed by atoms with Crippen molar-refractivity contribution in [1.29, 1.82) is 0 Å². The molecule has 2 nitrogen and oxygen atoms in total. The largest absolute Gasteiger partial charge is 0.393 e. The molecule has 0 atom stereocenters. The third-order valence-corrected chi connectivity index (χ3v) is 4.89. The summed E-state index contributed by atoms with van der Waals surface area (Å²) in [5, 5.41) is 9.67. The number of rotatable bonds is 5. The third-order valence-electron chi connectivity index (χ3n) is 4.89. The highest BCUT2D eigenvalue weighted by molar-refractivity contribution is 4.86. The van der Waals surface area contributed by atoms with E-state index in [2.05, 4.69) is 18.7 Å². The molecule has 2 fully saturated rings. The van der Waals surface area contributed by atoms with E-state index in [1.54, 1.807) is 0 Å². The molecule has 106 valence electrons. The van der Waals surface area contributed by atoms with Gasteiger partial charge in [0.15, 0.2) is 0 Å². The summed E-state index contributed by atoms with van der Waals surface area (Å²) in [6.45, 7) is 5.94. The van der Waals surface area contributed by atoms with Gasteiger partial charge in [-0.1, -0.05) is 26.7 Å². The number of hydrogen-bond acceptors (Lipinski definition) is 2. The van der Waals surface area contributed by atoms with Crippen molar-refractivity contribution in [2.75, 3.05) is 6.54 Å².